The van der Waals surface area contributed by atoms with Gasteiger partial charge in [0.25, 0.3) is 0 Å². The standard InChI is InChI=1S/C7H10BrNS2/c1-6-5-11-7(9-6)10-4-2-3-8/h5H,2-4H2,1H3. The third-order valence-corrected chi connectivity index (χ3v) is 3.89. The molecular formula is C7H10BrNS2. The summed E-state index contributed by atoms with van der Waals surface area (Å²) >= 11 is 6.98. The van der Waals surface area contributed by atoms with E-state index in [2.05, 4.69) is 26.3 Å². The van der Waals surface area contributed by atoms with Crippen molar-refractivity contribution in [2.45, 2.75) is 17.7 Å². The number of alkyl halides is 1. The van der Waals surface area contributed by atoms with Crippen LogP contribution in [0.3, 0.4) is 0 Å². The number of rotatable bonds is 4. The fraction of sp³-hybridized carbons (Fsp3) is 0.571. The molecule has 4 heteroatoms. The molecule has 0 unspecified atom stereocenters. The number of hydrogen-bond donors (Lipinski definition) is 0. The summed E-state index contributed by atoms with van der Waals surface area (Å²) in [6, 6.07) is 0. The van der Waals surface area contributed by atoms with Crippen molar-refractivity contribution in [1.82, 2.24) is 4.98 Å². The van der Waals surface area contributed by atoms with Gasteiger partial charge in [-0.05, 0) is 13.3 Å². The maximum absolute atomic E-state index is 4.35. The van der Waals surface area contributed by atoms with E-state index in [1.807, 2.05) is 18.7 Å². The van der Waals surface area contributed by atoms with Gasteiger partial charge in [-0.3, -0.25) is 0 Å². The summed E-state index contributed by atoms with van der Waals surface area (Å²) in [6.45, 7) is 2.03. The molecule has 1 heterocycles. The predicted octanol–water partition coefficient (Wildman–Crippen LogP) is 3.33. The molecule has 0 saturated heterocycles. The van der Waals surface area contributed by atoms with Crippen LogP contribution in [-0.2, 0) is 0 Å². The first-order valence-electron chi connectivity index (χ1n) is 3.44. The highest BCUT2D eigenvalue weighted by atomic mass is 79.9. The number of aromatic nitrogens is 1. The van der Waals surface area contributed by atoms with Gasteiger partial charge in [-0.1, -0.05) is 27.7 Å². The largest absolute Gasteiger partial charge is 0.235 e. The number of halogens is 1. The molecule has 0 aliphatic rings. The van der Waals surface area contributed by atoms with Crippen LogP contribution in [0.5, 0.6) is 0 Å². The third kappa shape index (κ3) is 3.58. The monoisotopic (exact) mass is 251 g/mol. The van der Waals surface area contributed by atoms with Crippen molar-refractivity contribution in [2.24, 2.45) is 0 Å². The van der Waals surface area contributed by atoms with Crippen LogP contribution in [0.2, 0.25) is 0 Å². The maximum atomic E-state index is 4.35. The van der Waals surface area contributed by atoms with Crippen molar-refractivity contribution < 1.29 is 0 Å². The Labute approximate surface area is 83.7 Å². The molecule has 0 aliphatic carbocycles. The summed E-state index contributed by atoms with van der Waals surface area (Å²) in [5.74, 6) is 1.16. The lowest BCUT2D eigenvalue weighted by atomic mass is 10.6. The topological polar surface area (TPSA) is 12.9 Å². The summed E-state index contributed by atoms with van der Waals surface area (Å²) < 4.78 is 1.20. The molecule has 0 aliphatic heterocycles. The number of hydrogen-bond acceptors (Lipinski definition) is 3. The van der Waals surface area contributed by atoms with Crippen LogP contribution in [0.25, 0.3) is 0 Å². The molecule has 0 bridgehead atoms. The second-order valence-electron chi connectivity index (χ2n) is 2.15. The first-order valence-corrected chi connectivity index (χ1v) is 6.42. The Kier molecular flexibility index (Phi) is 4.48. The van der Waals surface area contributed by atoms with Gasteiger partial charge in [-0.15, -0.1) is 11.3 Å². The average Bonchev–Trinajstić information content (AvgIpc) is 2.37. The Morgan fingerprint density at radius 2 is 2.55 bits per heavy atom. The third-order valence-electron chi connectivity index (χ3n) is 1.10. The maximum Gasteiger partial charge on any atom is 0.150 e. The molecule has 0 atom stereocenters. The van der Waals surface area contributed by atoms with Gasteiger partial charge in [-0.25, -0.2) is 4.98 Å². The molecule has 0 spiro atoms. The van der Waals surface area contributed by atoms with Gasteiger partial charge >= 0.3 is 0 Å². The molecule has 1 nitrogen and oxygen atoms in total. The Hall–Kier alpha value is 0.460. The van der Waals surface area contributed by atoms with Gasteiger partial charge in [0, 0.05) is 22.2 Å². The van der Waals surface area contributed by atoms with Crippen molar-refractivity contribution in [1.29, 1.82) is 0 Å². The molecule has 0 radical (unpaired) electrons. The molecule has 0 fully saturated rings. The number of thioether (sulfide) groups is 1. The minimum Gasteiger partial charge on any atom is -0.235 e. The Bertz CT molecular complexity index is 212. The highest BCUT2D eigenvalue weighted by Crippen LogP contribution is 2.22. The zero-order valence-corrected chi connectivity index (χ0v) is 9.56. The van der Waals surface area contributed by atoms with Gasteiger partial charge in [0.2, 0.25) is 0 Å². The molecule has 0 saturated carbocycles. The van der Waals surface area contributed by atoms with Gasteiger partial charge < -0.3 is 0 Å². The predicted molar refractivity (Wildman–Crippen MR) is 56.0 cm³/mol. The fourth-order valence-corrected chi connectivity index (χ4v) is 3.12. The SMILES string of the molecule is Cc1csc(SCCCBr)n1. The zero-order chi connectivity index (χ0) is 8.10. The quantitative estimate of drug-likeness (QED) is 0.463. The number of thiazole rings is 1. The second-order valence-corrected chi connectivity index (χ2v) is 5.14. The van der Waals surface area contributed by atoms with E-state index in [1.165, 1.54) is 10.8 Å². The van der Waals surface area contributed by atoms with Crippen LogP contribution >= 0.6 is 39.0 Å². The summed E-state index contributed by atoms with van der Waals surface area (Å²) in [4.78, 5) is 4.35. The van der Waals surface area contributed by atoms with Crippen LogP contribution in [0.4, 0.5) is 0 Å². The normalized spacial score (nSPS) is 10.4. The van der Waals surface area contributed by atoms with Crippen molar-refractivity contribution in [3.63, 3.8) is 0 Å². The molecule has 1 aromatic heterocycles. The average molecular weight is 252 g/mol. The van der Waals surface area contributed by atoms with Gasteiger partial charge in [0.05, 0.1) is 0 Å². The molecule has 11 heavy (non-hydrogen) atoms. The fourth-order valence-electron chi connectivity index (χ4n) is 0.613. The van der Waals surface area contributed by atoms with Crippen LogP contribution < -0.4 is 0 Å². The summed E-state index contributed by atoms with van der Waals surface area (Å²) in [5.41, 5.74) is 1.14. The van der Waals surface area contributed by atoms with Crippen LogP contribution in [0.15, 0.2) is 9.72 Å². The van der Waals surface area contributed by atoms with Gasteiger partial charge in [0.1, 0.15) is 4.34 Å². The first-order chi connectivity index (χ1) is 5.33. The van der Waals surface area contributed by atoms with Crippen molar-refractivity contribution in [2.75, 3.05) is 11.1 Å². The zero-order valence-electron chi connectivity index (χ0n) is 6.34. The Morgan fingerprint density at radius 3 is 3.09 bits per heavy atom. The van der Waals surface area contributed by atoms with Crippen molar-refractivity contribution in [3.05, 3.63) is 11.1 Å². The van der Waals surface area contributed by atoms with Crippen molar-refractivity contribution in [3.8, 4) is 0 Å². The summed E-state index contributed by atoms with van der Waals surface area (Å²) in [6.07, 6.45) is 1.21. The van der Waals surface area contributed by atoms with E-state index in [0.29, 0.717) is 0 Å². The van der Waals surface area contributed by atoms with E-state index in [0.717, 1.165) is 16.8 Å². The van der Waals surface area contributed by atoms with Crippen molar-refractivity contribution >= 4 is 39.0 Å². The van der Waals surface area contributed by atoms with E-state index in [1.54, 1.807) is 11.3 Å². The molecule has 62 valence electrons. The minimum absolute atomic E-state index is 1.09. The van der Waals surface area contributed by atoms with E-state index < -0.39 is 0 Å². The minimum atomic E-state index is 1.09. The second kappa shape index (κ2) is 5.17. The van der Waals surface area contributed by atoms with Gasteiger partial charge in [-0.2, -0.15) is 0 Å². The smallest absolute Gasteiger partial charge is 0.150 e. The summed E-state index contributed by atoms with van der Waals surface area (Å²) in [7, 11) is 0. The Balaban J connectivity index is 2.27. The lowest BCUT2D eigenvalue weighted by Gasteiger charge is -1.92. The molecule has 0 amide bonds. The van der Waals surface area contributed by atoms with Gasteiger partial charge in [0.15, 0.2) is 0 Å². The molecule has 1 rings (SSSR count). The van der Waals surface area contributed by atoms with Crippen LogP contribution in [0, 0.1) is 6.92 Å². The molecule has 0 N–H and O–H groups in total. The number of aryl methyl sites for hydroxylation is 1. The number of nitrogens with zero attached hydrogens (tertiary/aromatic N) is 1. The van der Waals surface area contributed by atoms with E-state index in [-0.39, 0.29) is 0 Å². The van der Waals surface area contributed by atoms with Crippen LogP contribution in [0.1, 0.15) is 12.1 Å². The highest BCUT2D eigenvalue weighted by Gasteiger charge is 1.97. The molecular weight excluding hydrogens is 242 g/mol. The lowest BCUT2D eigenvalue weighted by Crippen LogP contribution is -1.79. The van der Waals surface area contributed by atoms with E-state index in [4.69, 9.17) is 0 Å². The Morgan fingerprint density at radius 1 is 1.73 bits per heavy atom. The summed E-state index contributed by atoms with van der Waals surface area (Å²) in [5, 5.41) is 3.18. The molecule has 1 aromatic rings. The van der Waals surface area contributed by atoms with Crippen LogP contribution in [-0.4, -0.2) is 16.1 Å². The molecule has 0 aromatic carbocycles. The first kappa shape index (κ1) is 9.55. The van der Waals surface area contributed by atoms with E-state index >= 15 is 0 Å². The highest BCUT2D eigenvalue weighted by molar-refractivity contribution is 9.09. The van der Waals surface area contributed by atoms with E-state index in [9.17, 15) is 0 Å². The lowest BCUT2D eigenvalue weighted by molar-refractivity contribution is 1.12.